The number of likely N-dealkylation sites (N-methyl/N-ethyl adjacent to an activating group) is 1. The number of carbonyl (C=O) groups excluding carboxylic acids is 1. The second-order valence-corrected chi connectivity index (χ2v) is 6.49. The van der Waals surface area contributed by atoms with Crippen LogP contribution in [0.4, 0.5) is 0 Å². The Morgan fingerprint density at radius 1 is 1.11 bits per heavy atom. The molecule has 0 radical (unpaired) electrons. The highest BCUT2D eigenvalue weighted by Crippen LogP contribution is 2.32. The lowest BCUT2D eigenvalue weighted by molar-refractivity contribution is -0.130. The van der Waals surface area contributed by atoms with E-state index in [0.29, 0.717) is 11.0 Å². The van der Waals surface area contributed by atoms with Crippen LogP contribution in [0.3, 0.4) is 0 Å². The van der Waals surface area contributed by atoms with Crippen LogP contribution in [-0.4, -0.2) is 36.6 Å². The van der Waals surface area contributed by atoms with Crippen LogP contribution in [0.15, 0.2) is 57.7 Å². The van der Waals surface area contributed by atoms with Crippen LogP contribution < -0.4 is 10.2 Å². The molecule has 136 valence electrons. The summed E-state index contributed by atoms with van der Waals surface area (Å²) in [6.07, 6.45) is 0. The third-order valence-electron chi connectivity index (χ3n) is 4.48. The van der Waals surface area contributed by atoms with Crippen molar-refractivity contribution in [1.82, 2.24) is 4.90 Å². The molecule has 0 aliphatic rings. The van der Waals surface area contributed by atoms with Crippen LogP contribution in [0.2, 0.25) is 0 Å². The fourth-order valence-electron chi connectivity index (χ4n) is 3.02. The van der Waals surface area contributed by atoms with E-state index in [1.165, 1.54) is 17.0 Å². The maximum atomic E-state index is 12.9. The van der Waals surface area contributed by atoms with Gasteiger partial charge in [-0.25, -0.2) is 0 Å². The molecule has 0 aliphatic carbocycles. The van der Waals surface area contributed by atoms with E-state index in [-0.39, 0.29) is 40.4 Å². The molecule has 6 nitrogen and oxygen atoms in total. The second kappa shape index (κ2) is 6.32. The first kappa shape index (κ1) is 16.9. The predicted octanol–water partition coefficient (Wildman–Crippen LogP) is 3.27. The zero-order valence-electron chi connectivity index (χ0n) is 14.9. The summed E-state index contributed by atoms with van der Waals surface area (Å²) in [5.74, 6) is -0.220. The Bertz CT molecular complexity index is 1260. The molecule has 0 aliphatic heterocycles. The van der Waals surface area contributed by atoms with Crippen molar-refractivity contribution < 1.29 is 19.1 Å². The van der Waals surface area contributed by atoms with Gasteiger partial charge >= 0.3 is 0 Å². The highest BCUT2D eigenvalue weighted by Gasteiger charge is 2.16. The third kappa shape index (κ3) is 2.85. The summed E-state index contributed by atoms with van der Waals surface area (Å²) in [5, 5.41) is 12.6. The van der Waals surface area contributed by atoms with Crippen molar-refractivity contribution >= 4 is 38.6 Å². The van der Waals surface area contributed by atoms with Gasteiger partial charge in [0.2, 0.25) is 5.43 Å². The number of carbonyl (C=O) groups is 1. The molecule has 0 unspecified atom stereocenters. The van der Waals surface area contributed by atoms with Gasteiger partial charge in [0.05, 0.1) is 5.39 Å². The minimum atomic E-state index is -0.314. The van der Waals surface area contributed by atoms with E-state index < -0.39 is 0 Å². The lowest BCUT2D eigenvalue weighted by Crippen LogP contribution is -2.27. The molecule has 3 aromatic carbocycles. The molecule has 6 heteroatoms. The van der Waals surface area contributed by atoms with Crippen molar-refractivity contribution in [2.24, 2.45) is 0 Å². The van der Waals surface area contributed by atoms with E-state index in [1.807, 2.05) is 30.3 Å². The second-order valence-electron chi connectivity index (χ2n) is 6.49. The Morgan fingerprint density at radius 2 is 1.89 bits per heavy atom. The Labute approximate surface area is 154 Å². The van der Waals surface area contributed by atoms with Crippen LogP contribution in [0, 0.1) is 0 Å². The van der Waals surface area contributed by atoms with Crippen LogP contribution in [-0.2, 0) is 4.79 Å². The van der Waals surface area contributed by atoms with Crippen molar-refractivity contribution in [3.8, 4) is 11.5 Å². The van der Waals surface area contributed by atoms with Gasteiger partial charge in [-0.05, 0) is 11.5 Å². The van der Waals surface area contributed by atoms with E-state index in [2.05, 4.69) is 0 Å². The van der Waals surface area contributed by atoms with Crippen LogP contribution >= 0.6 is 0 Å². The first-order valence-corrected chi connectivity index (χ1v) is 8.40. The summed E-state index contributed by atoms with van der Waals surface area (Å²) in [4.78, 5) is 26.0. The highest BCUT2D eigenvalue weighted by molar-refractivity contribution is 6.07. The molecule has 0 spiro atoms. The number of phenolic OH excluding ortho intramolecular Hbond substituents is 1. The molecule has 1 N–H and O–H groups in total. The minimum Gasteiger partial charge on any atom is -0.507 e. The predicted molar refractivity (Wildman–Crippen MR) is 103 cm³/mol. The van der Waals surface area contributed by atoms with Crippen LogP contribution in [0.5, 0.6) is 11.5 Å². The maximum Gasteiger partial charge on any atom is 0.259 e. The van der Waals surface area contributed by atoms with Gasteiger partial charge in [-0.2, -0.15) is 0 Å². The Kier molecular flexibility index (Phi) is 3.96. The normalized spacial score (nSPS) is 11.2. The summed E-state index contributed by atoms with van der Waals surface area (Å²) >= 11 is 0. The number of hydrogen-bond donors (Lipinski definition) is 1. The number of phenols is 1. The molecule has 1 aromatic heterocycles. The largest absolute Gasteiger partial charge is 0.507 e. The van der Waals surface area contributed by atoms with Gasteiger partial charge in [-0.3, -0.25) is 9.59 Å². The number of amides is 1. The summed E-state index contributed by atoms with van der Waals surface area (Å²) in [6, 6.07) is 14.0. The molecule has 4 aromatic rings. The smallest absolute Gasteiger partial charge is 0.259 e. The fraction of sp³-hybridized carbons (Fsp3) is 0.143. The average molecular weight is 363 g/mol. The van der Waals surface area contributed by atoms with Gasteiger partial charge in [0.1, 0.15) is 28.1 Å². The van der Waals surface area contributed by atoms with Gasteiger partial charge < -0.3 is 19.2 Å². The van der Waals surface area contributed by atoms with Crippen molar-refractivity contribution in [3.63, 3.8) is 0 Å². The standard InChI is InChI=1S/C21H17NO5/c1-22(2)18(24)11-26-13-9-16(23)19-17(10-13)27-21-14-6-4-3-5-12(14)7-8-15(21)20(19)25/h3-10,23H,11H2,1-2H3. The molecule has 0 atom stereocenters. The number of nitrogens with zero attached hydrogens (tertiary/aromatic N) is 1. The monoisotopic (exact) mass is 363 g/mol. The topological polar surface area (TPSA) is 80.0 Å². The first-order chi connectivity index (χ1) is 13.0. The van der Waals surface area contributed by atoms with Crippen molar-refractivity contribution in [2.75, 3.05) is 20.7 Å². The SMILES string of the molecule is CN(C)C(=O)COc1cc(O)c2c(=O)c3ccc4ccccc4c3oc2c1. The molecule has 0 saturated heterocycles. The van der Waals surface area contributed by atoms with Crippen LogP contribution in [0.25, 0.3) is 32.7 Å². The zero-order chi connectivity index (χ0) is 19.1. The number of aromatic hydroxyl groups is 1. The Hall–Kier alpha value is -3.54. The van der Waals surface area contributed by atoms with E-state index in [9.17, 15) is 14.7 Å². The number of fused-ring (bicyclic) bond motifs is 4. The highest BCUT2D eigenvalue weighted by atomic mass is 16.5. The van der Waals surface area contributed by atoms with Gasteiger partial charge in [0.15, 0.2) is 6.61 Å². The van der Waals surface area contributed by atoms with Gasteiger partial charge in [0, 0.05) is 31.6 Å². The van der Waals surface area contributed by atoms with Crippen molar-refractivity contribution in [3.05, 3.63) is 58.8 Å². The summed E-state index contributed by atoms with van der Waals surface area (Å²) in [5.41, 5.74) is 0.341. The molecule has 27 heavy (non-hydrogen) atoms. The van der Waals surface area contributed by atoms with E-state index in [4.69, 9.17) is 9.15 Å². The summed E-state index contributed by atoms with van der Waals surface area (Å²) in [6.45, 7) is -0.182. The third-order valence-corrected chi connectivity index (χ3v) is 4.48. The molecule has 0 fully saturated rings. The number of rotatable bonds is 3. The fourth-order valence-corrected chi connectivity index (χ4v) is 3.02. The summed E-state index contributed by atoms with van der Waals surface area (Å²) in [7, 11) is 3.25. The molecule has 1 heterocycles. The van der Waals surface area contributed by atoms with E-state index >= 15 is 0 Å². The van der Waals surface area contributed by atoms with Crippen molar-refractivity contribution in [2.45, 2.75) is 0 Å². The molecule has 0 saturated carbocycles. The molecular formula is C21H17NO5. The van der Waals surface area contributed by atoms with E-state index in [0.717, 1.165) is 10.8 Å². The minimum absolute atomic E-state index is 0.0871. The van der Waals surface area contributed by atoms with Gasteiger partial charge in [0.25, 0.3) is 5.91 Å². The van der Waals surface area contributed by atoms with E-state index in [1.54, 1.807) is 20.2 Å². The first-order valence-electron chi connectivity index (χ1n) is 8.40. The number of hydrogen-bond acceptors (Lipinski definition) is 5. The number of benzene rings is 3. The lowest BCUT2D eigenvalue weighted by Gasteiger charge is -2.12. The van der Waals surface area contributed by atoms with Crippen molar-refractivity contribution in [1.29, 1.82) is 0 Å². The lowest BCUT2D eigenvalue weighted by atomic mass is 10.1. The van der Waals surface area contributed by atoms with Crippen LogP contribution in [0.1, 0.15) is 0 Å². The molecular weight excluding hydrogens is 346 g/mol. The Morgan fingerprint density at radius 3 is 2.67 bits per heavy atom. The van der Waals surface area contributed by atoms with Gasteiger partial charge in [-0.15, -0.1) is 0 Å². The van der Waals surface area contributed by atoms with Gasteiger partial charge in [-0.1, -0.05) is 30.3 Å². The molecule has 1 amide bonds. The molecule has 4 rings (SSSR count). The summed E-state index contributed by atoms with van der Waals surface area (Å²) < 4.78 is 11.4. The average Bonchev–Trinajstić information content (AvgIpc) is 2.65. The quantitative estimate of drug-likeness (QED) is 0.446. The zero-order valence-corrected chi connectivity index (χ0v) is 14.9. The number of ether oxygens (including phenoxy) is 1. The molecule has 0 bridgehead atoms. The Balaban J connectivity index is 1.92. The maximum absolute atomic E-state index is 12.9.